The van der Waals surface area contributed by atoms with E-state index < -0.39 is 0 Å². The van der Waals surface area contributed by atoms with Crippen LogP contribution in [0.25, 0.3) is 5.76 Å². The summed E-state index contributed by atoms with van der Waals surface area (Å²) < 4.78 is 19.4. The van der Waals surface area contributed by atoms with Crippen LogP contribution in [-0.2, 0) is 10.2 Å². The van der Waals surface area contributed by atoms with Crippen molar-refractivity contribution >= 4 is 5.76 Å². The van der Waals surface area contributed by atoms with E-state index in [1.54, 1.807) is 12.1 Å². The molecule has 0 N–H and O–H groups in total. The summed E-state index contributed by atoms with van der Waals surface area (Å²) in [6, 6.07) is 5.34. The van der Waals surface area contributed by atoms with Crippen molar-refractivity contribution < 1.29 is 9.13 Å². The molecule has 1 nitrogen and oxygen atoms in total. The molecular formula is C14H19FO. The van der Waals surface area contributed by atoms with Gasteiger partial charge in [0.15, 0.2) is 0 Å². The molecule has 0 aliphatic rings. The first-order valence-corrected chi connectivity index (χ1v) is 5.49. The molecule has 1 rings (SSSR count). The van der Waals surface area contributed by atoms with Gasteiger partial charge >= 0.3 is 0 Å². The third-order valence-electron chi connectivity index (χ3n) is 2.43. The normalized spacial score (nSPS) is 11.3. The largest absolute Gasteiger partial charge is 0.494 e. The van der Waals surface area contributed by atoms with Crippen molar-refractivity contribution in [2.75, 3.05) is 6.61 Å². The first-order valence-electron chi connectivity index (χ1n) is 5.49. The van der Waals surface area contributed by atoms with Crippen LogP contribution in [0.3, 0.4) is 0 Å². The second-order valence-corrected chi connectivity index (χ2v) is 4.77. The van der Waals surface area contributed by atoms with Crippen LogP contribution < -0.4 is 0 Å². The third-order valence-corrected chi connectivity index (χ3v) is 2.43. The van der Waals surface area contributed by atoms with E-state index in [2.05, 4.69) is 6.58 Å². The van der Waals surface area contributed by atoms with Crippen LogP contribution in [-0.4, -0.2) is 6.61 Å². The number of halogens is 1. The maximum atomic E-state index is 14.2. The lowest BCUT2D eigenvalue weighted by Gasteiger charge is -2.21. The van der Waals surface area contributed by atoms with Gasteiger partial charge < -0.3 is 4.74 Å². The Bertz CT molecular complexity index is 388. The highest BCUT2D eigenvalue weighted by atomic mass is 19.1. The van der Waals surface area contributed by atoms with Gasteiger partial charge in [-0.25, -0.2) is 4.39 Å². The maximum absolute atomic E-state index is 14.2. The Morgan fingerprint density at radius 1 is 1.38 bits per heavy atom. The second kappa shape index (κ2) is 4.69. The highest BCUT2D eigenvalue weighted by Gasteiger charge is 2.21. The fourth-order valence-electron chi connectivity index (χ4n) is 1.58. The van der Waals surface area contributed by atoms with Crippen molar-refractivity contribution in [2.24, 2.45) is 0 Å². The van der Waals surface area contributed by atoms with Crippen LogP contribution in [0.5, 0.6) is 0 Å². The van der Waals surface area contributed by atoms with E-state index in [-0.39, 0.29) is 11.2 Å². The van der Waals surface area contributed by atoms with E-state index in [0.717, 1.165) is 0 Å². The van der Waals surface area contributed by atoms with Gasteiger partial charge in [-0.05, 0) is 24.0 Å². The number of rotatable bonds is 3. The van der Waals surface area contributed by atoms with Crippen LogP contribution in [0.1, 0.15) is 38.8 Å². The summed E-state index contributed by atoms with van der Waals surface area (Å²) in [5.74, 6) is 0.166. The lowest BCUT2D eigenvalue weighted by Crippen LogP contribution is -2.14. The first kappa shape index (κ1) is 12.8. The van der Waals surface area contributed by atoms with Crippen molar-refractivity contribution in [2.45, 2.75) is 33.1 Å². The van der Waals surface area contributed by atoms with E-state index in [9.17, 15) is 4.39 Å². The van der Waals surface area contributed by atoms with Crippen LogP contribution >= 0.6 is 0 Å². The molecule has 0 fully saturated rings. The molecule has 0 unspecified atom stereocenters. The Balaban J connectivity index is 3.19. The molecule has 0 amide bonds. The Morgan fingerprint density at radius 2 is 2.00 bits per heavy atom. The monoisotopic (exact) mass is 222 g/mol. The predicted octanol–water partition coefficient (Wildman–Crippen LogP) is 4.13. The van der Waals surface area contributed by atoms with Gasteiger partial charge in [-0.15, -0.1) is 0 Å². The Kier molecular flexibility index (Phi) is 3.74. The standard InChI is InChI=1S/C14H19FO/c1-6-16-10(2)11-8-7-9-12(13(11)15)14(3,4)5/h7-9H,2,6H2,1,3-5H3. The minimum atomic E-state index is -0.228. The Morgan fingerprint density at radius 3 is 2.50 bits per heavy atom. The summed E-state index contributed by atoms with van der Waals surface area (Å²) in [5.41, 5.74) is 0.923. The third kappa shape index (κ3) is 2.63. The van der Waals surface area contributed by atoms with E-state index in [1.165, 1.54) is 0 Å². The van der Waals surface area contributed by atoms with Gasteiger partial charge in [0, 0.05) is 0 Å². The minimum Gasteiger partial charge on any atom is -0.494 e. The van der Waals surface area contributed by atoms with Crippen molar-refractivity contribution in [1.29, 1.82) is 0 Å². The van der Waals surface area contributed by atoms with Gasteiger partial charge in [0.1, 0.15) is 11.6 Å². The predicted molar refractivity (Wildman–Crippen MR) is 65.8 cm³/mol. The summed E-state index contributed by atoms with van der Waals surface area (Å²) in [4.78, 5) is 0. The molecule has 0 atom stereocenters. The zero-order valence-electron chi connectivity index (χ0n) is 10.4. The van der Waals surface area contributed by atoms with Crippen LogP contribution in [0.15, 0.2) is 24.8 Å². The van der Waals surface area contributed by atoms with E-state index >= 15 is 0 Å². The van der Waals surface area contributed by atoms with Crippen LogP contribution in [0, 0.1) is 5.82 Å². The van der Waals surface area contributed by atoms with E-state index in [4.69, 9.17) is 4.74 Å². The number of benzene rings is 1. The zero-order valence-corrected chi connectivity index (χ0v) is 10.4. The smallest absolute Gasteiger partial charge is 0.137 e. The van der Waals surface area contributed by atoms with Gasteiger partial charge in [0.05, 0.1) is 12.2 Å². The summed E-state index contributed by atoms with van der Waals surface area (Å²) in [5, 5.41) is 0. The molecule has 0 aliphatic heterocycles. The molecule has 0 saturated carbocycles. The summed E-state index contributed by atoms with van der Waals surface area (Å²) in [6.07, 6.45) is 0. The summed E-state index contributed by atoms with van der Waals surface area (Å²) in [7, 11) is 0. The van der Waals surface area contributed by atoms with Crippen molar-refractivity contribution in [1.82, 2.24) is 0 Å². The Hall–Kier alpha value is -1.31. The first-order chi connectivity index (χ1) is 7.38. The van der Waals surface area contributed by atoms with E-state index in [0.29, 0.717) is 23.5 Å². The minimum absolute atomic E-state index is 0.216. The van der Waals surface area contributed by atoms with Crippen LogP contribution in [0.2, 0.25) is 0 Å². The van der Waals surface area contributed by atoms with Gasteiger partial charge in [-0.2, -0.15) is 0 Å². The van der Waals surface area contributed by atoms with Gasteiger partial charge in [-0.1, -0.05) is 39.5 Å². The fourth-order valence-corrected chi connectivity index (χ4v) is 1.58. The van der Waals surface area contributed by atoms with E-state index in [1.807, 2.05) is 33.8 Å². The molecular weight excluding hydrogens is 203 g/mol. The molecule has 0 aliphatic carbocycles. The van der Waals surface area contributed by atoms with Crippen molar-refractivity contribution in [3.8, 4) is 0 Å². The fraction of sp³-hybridized carbons (Fsp3) is 0.429. The molecule has 16 heavy (non-hydrogen) atoms. The molecule has 88 valence electrons. The summed E-state index contributed by atoms with van der Waals surface area (Å²) in [6.45, 7) is 12.0. The molecule has 2 heteroatoms. The Labute approximate surface area is 96.9 Å². The molecule has 0 aromatic heterocycles. The topological polar surface area (TPSA) is 9.23 Å². The average molecular weight is 222 g/mol. The number of ether oxygens (including phenoxy) is 1. The van der Waals surface area contributed by atoms with Crippen molar-refractivity contribution in [3.05, 3.63) is 41.7 Å². The molecule has 0 heterocycles. The number of hydrogen-bond acceptors (Lipinski definition) is 1. The molecule has 0 bridgehead atoms. The quantitative estimate of drug-likeness (QED) is 0.699. The number of hydrogen-bond donors (Lipinski definition) is 0. The van der Waals surface area contributed by atoms with Crippen LogP contribution in [0.4, 0.5) is 4.39 Å². The zero-order chi connectivity index (χ0) is 12.3. The lowest BCUT2D eigenvalue weighted by molar-refractivity contribution is 0.297. The SMILES string of the molecule is C=C(OCC)c1cccc(C(C)(C)C)c1F. The molecule has 0 saturated heterocycles. The van der Waals surface area contributed by atoms with Gasteiger partial charge in [0.2, 0.25) is 0 Å². The maximum Gasteiger partial charge on any atom is 0.137 e. The molecule has 1 aromatic carbocycles. The van der Waals surface area contributed by atoms with Gasteiger partial charge in [0.25, 0.3) is 0 Å². The van der Waals surface area contributed by atoms with Gasteiger partial charge in [-0.3, -0.25) is 0 Å². The van der Waals surface area contributed by atoms with Crippen molar-refractivity contribution in [3.63, 3.8) is 0 Å². The highest BCUT2D eigenvalue weighted by molar-refractivity contribution is 5.59. The molecule has 1 aromatic rings. The molecule has 0 radical (unpaired) electrons. The lowest BCUT2D eigenvalue weighted by atomic mass is 9.85. The highest BCUT2D eigenvalue weighted by Crippen LogP contribution is 2.29. The summed E-state index contributed by atoms with van der Waals surface area (Å²) >= 11 is 0. The second-order valence-electron chi connectivity index (χ2n) is 4.77. The average Bonchev–Trinajstić information content (AvgIpc) is 2.16. The molecule has 0 spiro atoms.